The van der Waals surface area contributed by atoms with Crippen LogP contribution in [0.3, 0.4) is 0 Å². The van der Waals surface area contributed by atoms with Crippen molar-refractivity contribution in [1.29, 1.82) is 0 Å². The molecule has 3 N–H and O–H groups in total. The molecule has 1 heterocycles. The third-order valence-corrected chi connectivity index (χ3v) is 4.09. The number of hydrogen-bond acceptors (Lipinski definition) is 6. The Morgan fingerprint density at radius 1 is 1.38 bits per heavy atom. The third-order valence-electron chi connectivity index (χ3n) is 3.45. The summed E-state index contributed by atoms with van der Waals surface area (Å²) in [4.78, 5) is 37.0. The van der Waals surface area contributed by atoms with Crippen molar-refractivity contribution in [2.24, 2.45) is 0 Å². The van der Waals surface area contributed by atoms with Crippen molar-refractivity contribution in [3.05, 3.63) is 0 Å². The summed E-state index contributed by atoms with van der Waals surface area (Å²) in [5.41, 5.74) is -0.704. The Bertz CT molecular complexity index is 479. The number of likely N-dealkylation sites (tertiary alicyclic amines) is 1. The highest BCUT2D eigenvalue weighted by molar-refractivity contribution is 7.98. The number of thioether (sulfide) groups is 1. The van der Waals surface area contributed by atoms with Gasteiger partial charge in [-0.15, -0.1) is 0 Å². The predicted molar refractivity (Wildman–Crippen MR) is 89.9 cm³/mol. The van der Waals surface area contributed by atoms with Crippen LogP contribution in [0.4, 0.5) is 4.79 Å². The Kier molecular flexibility index (Phi) is 7.34. The first-order chi connectivity index (χ1) is 11.0. The Labute approximate surface area is 145 Å². The van der Waals surface area contributed by atoms with E-state index >= 15 is 0 Å². The van der Waals surface area contributed by atoms with Crippen LogP contribution in [0.1, 0.15) is 33.6 Å². The topological polar surface area (TPSA) is 116 Å². The minimum atomic E-state index is -1.17. The van der Waals surface area contributed by atoms with E-state index in [0.717, 1.165) is 4.90 Å². The minimum Gasteiger partial charge on any atom is -0.480 e. The van der Waals surface area contributed by atoms with Gasteiger partial charge < -0.3 is 25.2 Å². The third kappa shape index (κ3) is 6.20. The number of nitrogens with one attached hydrogen (secondary N) is 1. The lowest BCUT2D eigenvalue weighted by Gasteiger charge is -2.28. The first kappa shape index (κ1) is 20.6. The molecular formula is C15H26N2O6S. The number of rotatable bonds is 6. The molecule has 2 amide bonds. The summed E-state index contributed by atoms with van der Waals surface area (Å²) in [6.07, 6.45) is 0.599. The maximum Gasteiger partial charge on any atom is 0.408 e. The number of aliphatic hydroxyl groups excluding tert-OH is 1. The second kappa shape index (κ2) is 8.57. The number of carbonyl (C=O) groups excluding carboxylic acids is 2. The van der Waals surface area contributed by atoms with Gasteiger partial charge in [0.1, 0.15) is 17.7 Å². The van der Waals surface area contributed by atoms with E-state index in [1.807, 2.05) is 6.26 Å². The smallest absolute Gasteiger partial charge is 0.408 e. The summed E-state index contributed by atoms with van der Waals surface area (Å²) in [5, 5.41) is 21.4. The molecule has 0 aromatic heterocycles. The maximum absolute atomic E-state index is 12.7. The summed E-state index contributed by atoms with van der Waals surface area (Å²) in [6.45, 7) is 5.08. The van der Waals surface area contributed by atoms with Crippen molar-refractivity contribution >= 4 is 29.7 Å². The van der Waals surface area contributed by atoms with E-state index in [1.54, 1.807) is 20.8 Å². The van der Waals surface area contributed by atoms with E-state index in [2.05, 4.69) is 5.32 Å². The molecule has 24 heavy (non-hydrogen) atoms. The van der Waals surface area contributed by atoms with Crippen LogP contribution >= 0.6 is 11.8 Å². The molecule has 0 unspecified atom stereocenters. The fraction of sp³-hybridized carbons (Fsp3) is 0.800. The van der Waals surface area contributed by atoms with Crippen molar-refractivity contribution in [1.82, 2.24) is 10.2 Å². The zero-order valence-electron chi connectivity index (χ0n) is 14.4. The van der Waals surface area contributed by atoms with Gasteiger partial charge >= 0.3 is 12.1 Å². The number of ether oxygens (including phenoxy) is 1. The van der Waals surface area contributed by atoms with Crippen LogP contribution in [0.2, 0.25) is 0 Å². The summed E-state index contributed by atoms with van der Waals surface area (Å²) < 4.78 is 5.16. The normalized spacial score (nSPS) is 22.1. The summed E-state index contributed by atoms with van der Waals surface area (Å²) in [7, 11) is 0. The predicted octanol–water partition coefficient (Wildman–Crippen LogP) is 0.679. The first-order valence-electron chi connectivity index (χ1n) is 7.75. The number of amides is 2. The van der Waals surface area contributed by atoms with E-state index in [-0.39, 0.29) is 13.0 Å². The largest absolute Gasteiger partial charge is 0.480 e. The molecule has 138 valence electrons. The average Bonchev–Trinajstić information content (AvgIpc) is 2.83. The molecule has 1 fully saturated rings. The van der Waals surface area contributed by atoms with Crippen molar-refractivity contribution in [3.8, 4) is 0 Å². The molecule has 1 rings (SSSR count). The van der Waals surface area contributed by atoms with E-state index in [1.165, 1.54) is 11.8 Å². The molecule has 1 saturated heterocycles. The molecule has 0 radical (unpaired) electrons. The molecule has 8 nitrogen and oxygen atoms in total. The molecule has 0 saturated carbocycles. The molecule has 3 atom stereocenters. The van der Waals surface area contributed by atoms with Crippen LogP contribution in [0.5, 0.6) is 0 Å². The summed E-state index contributed by atoms with van der Waals surface area (Å²) in [6, 6.07) is -1.97. The lowest BCUT2D eigenvalue weighted by atomic mass is 10.1. The number of carboxylic acids is 1. The van der Waals surface area contributed by atoms with Crippen molar-refractivity contribution in [3.63, 3.8) is 0 Å². The second-order valence-electron chi connectivity index (χ2n) is 6.71. The van der Waals surface area contributed by atoms with Crippen LogP contribution in [-0.2, 0) is 14.3 Å². The number of β-amino-alcohol motifs (C(OH)–C–C–N with tert-alkyl or cyclic N) is 1. The van der Waals surface area contributed by atoms with Crippen molar-refractivity contribution in [2.75, 3.05) is 18.6 Å². The monoisotopic (exact) mass is 362 g/mol. The standard InChI is InChI=1S/C15H26N2O6S/c1-15(2,3)23-14(22)16-10(5-6-24-4)12(19)17-8-9(18)7-11(17)13(20)21/h9-11,18H,5-8H2,1-4H3,(H,16,22)(H,20,21)/t9-,10+,11+/m1/s1. The quantitative estimate of drug-likeness (QED) is 0.636. The van der Waals surface area contributed by atoms with Gasteiger partial charge in [-0.1, -0.05) is 0 Å². The van der Waals surface area contributed by atoms with Crippen molar-refractivity contribution in [2.45, 2.75) is 57.4 Å². The number of carbonyl (C=O) groups is 3. The highest BCUT2D eigenvalue weighted by Gasteiger charge is 2.41. The Morgan fingerprint density at radius 2 is 2.00 bits per heavy atom. The van der Waals surface area contributed by atoms with Crippen LogP contribution in [0, 0.1) is 0 Å². The van der Waals surface area contributed by atoms with Gasteiger partial charge in [-0.2, -0.15) is 11.8 Å². The zero-order chi connectivity index (χ0) is 18.5. The highest BCUT2D eigenvalue weighted by Crippen LogP contribution is 2.20. The molecule has 0 aromatic carbocycles. The molecule has 0 aliphatic carbocycles. The molecule has 0 bridgehead atoms. The molecule has 9 heteroatoms. The van der Waals surface area contributed by atoms with E-state index in [4.69, 9.17) is 4.74 Å². The Balaban J connectivity index is 2.84. The Hall–Kier alpha value is -1.48. The van der Waals surface area contributed by atoms with Gasteiger partial charge in [0, 0.05) is 13.0 Å². The molecule has 1 aliphatic rings. The SMILES string of the molecule is CSCC[C@H](NC(=O)OC(C)(C)C)C(=O)N1C[C@H](O)C[C@H]1C(=O)O. The summed E-state index contributed by atoms with van der Waals surface area (Å²) >= 11 is 1.51. The number of hydrogen-bond donors (Lipinski definition) is 3. The van der Waals surface area contributed by atoms with E-state index in [0.29, 0.717) is 12.2 Å². The van der Waals surface area contributed by atoms with E-state index < -0.39 is 41.8 Å². The maximum atomic E-state index is 12.7. The Morgan fingerprint density at radius 3 is 2.50 bits per heavy atom. The van der Waals surface area contributed by atoms with Crippen molar-refractivity contribution < 1.29 is 29.3 Å². The molecule has 0 spiro atoms. The number of aliphatic hydroxyl groups is 1. The van der Waals surface area contributed by atoms with Gasteiger partial charge in [0.05, 0.1) is 6.10 Å². The van der Waals surface area contributed by atoms with Gasteiger partial charge in [0.2, 0.25) is 5.91 Å². The number of alkyl carbamates (subject to hydrolysis) is 1. The van der Waals surface area contributed by atoms with Gasteiger partial charge in [-0.25, -0.2) is 9.59 Å². The van der Waals surface area contributed by atoms with Gasteiger partial charge in [0.15, 0.2) is 0 Å². The molecule has 1 aliphatic heterocycles. The van der Waals surface area contributed by atoms with Crippen LogP contribution in [0.15, 0.2) is 0 Å². The van der Waals surface area contributed by atoms with E-state index in [9.17, 15) is 24.6 Å². The van der Waals surface area contributed by atoms with Gasteiger partial charge in [0.25, 0.3) is 0 Å². The van der Waals surface area contributed by atoms with Crippen LogP contribution < -0.4 is 5.32 Å². The number of carboxylic acid groups (broad SMARTS) is 1. The van der Waals surface area contributed by atoms with Crippen LogP contribution in [0.25, 0.3) is 0 Å². The number of nitrogens with zero attached hydrogens (tertiary/aromatic N) is 1. The molecular weight excluding hydrogens is 336 g/mol. The first-order valence-corrected chi connectivity index (χ1v) is 9.14. The second-order valence-corrected chi connectivity index (χ2v) is 7.70. The summed E-state index contributed by atoms with van der Waals surface area (Å²) in [5.74, 6) is -1.07. The fourth-order valence-corrected chi connectivity index (χ4v) is 2.91. The minimum absolute atomic E-state index is 0.0112. The fourth-order valence-electron chi connectivity index (χ4n) is 2.43. The lowest BCUT2D eigenvalue weighted by molar-refractivity contribution is -0.149. The highest BCUT2D eigenvalue weighted by atomic mass is 32.2. The van der Waals surface area contributed by atoms with Gasteiger partial charge in [-0.3, -0.25) is 4.79 Å². The van der Waals surface area contributed by atoms with Crippen LogP contribution in [-0.4, -0.2) is 75.4 Å². The van der Waals surface area contributed by atoms with Gasteiger partial charge in [-0.05, 0) is 39.2 Å². The number of aliphatic carboxylic acids is 1. The zero-order valence-corrected chi connectivity index (χ0v) is 15.3. The molecule has 0 aromatic rings. The average molecular weight is 362 g/mol. The lowest BCUT2D eigenvalue weighted by Crippen LogP contribution is -2.52.